The summed E-state index contributed by atoms with van der Waals surface area (Å²) >= 11 is 0. The summed E-state index contributed by atoms with van der Waals surface area (Å²) in [5.41, 5.74) is 8.10. The molecular weight excluding hydrogens is 290 g/mol. The van der Waals surface area contributed by atoms with E-state index in [1.807, 2.05) is 0 Å². The molecule has 2 heterocycles. The van der Waals surface area contributed by atoms with Crippen molar-refractivity contribution < 1.29 is 4.57 Å². The van der Waals surface area contributed by atoms with E-state index in [-0.39, 0.29) is 5.41 Å². The fourth-order valence-electron chi connectivity index (χ4n) is 5.43. The van der Waals surface area contributed by atoms with Gasteiger partial charge in [-0.15, -0.1) is 0 Å². The Kier molecular flexibility index (Phi) is 3.43. The standard InChI is InChI=1S/C23H30N/c1-6-16-15-23(7-2,8-3)18-12-9-11-17-20(18)21-19(22(17,4)5)13-10-14-24(16)21/h9-14,16H,6-8,15H2,1-5H3/q+1. The highest BCUT2D eigenvalue weighted by atomic mass is 15.0. The Labute approximate surface area is 146 Å². The quantitative estimate of drug-likeness (QED) is 0.639. The number of benzene rings is 1. The molecule has 0 saturated carbocycles. The van der Waals surface area contributed by atoms with Crippen LogP contribution in [0.25, 0.3) is 11.3 Å². The summed E-state index contributed by atoms with van der Waals surface area (Å²) < 4.78 is 2.61. The maximum Gasteiger partial charge on any atom is 0.217 e. The highest BCUT2D eigenvalue weighted by molar-refractivity contribution is 5.79. The maximum absolute atomic E-state index is 2.61. The zero-order valence-electron chi connectivity index (χ0n) is 15.8. The van der Waals surface area contributed by atoms with E-state index in [2.05, 4.69) is 75.7 Å². The molecule has 1 aliphatic carbocycles. The lowest BCUT2D eigenvalue weighted by Crippen LogP contribution is -2.43. The number of hydrogen-bond acceptors (Lipinski definition) is 0. The molecule has 1 heteroatoms. The van der Waals surface area contributed by atoms with Crippen LogP contribution in [0.3, 0.4) is 0 Å². The summed E-state index contributed by atoms with van der Waals surface area (Å²) in [5.74, 6) is 0. The van der Waals surface area contributed by atoms with Crippen molar-refractivity contribution in [2.45, 2.75) is 77.2 Å². The van der Waals surface area contributed by atoms with E-state index in [1.165, 1.54) is 42.5 Å². The van der Waals surface area contributed by atoms with Gasteiger partial charge < -0.3 is 0 Å². The summed E-state index contributed by atoms with van der Waals surface area (Å²) in [6, 6.07) is 12.3. The monoisotopic (exact) mass is 320 g/mol. The first kappa shape index (κ1) is 15.9. The van der Waals surface area contributed by atoms with Crippen molar-refractivity contribution >= 4 is 0 Å². The molecule has 2 aliphatic rings. The molecule has 1 atom stereocenters. The molecular formula is C23H30N+. The summed E-state index contributed by atoms with van der Waals surface area (Å²) in [4.78, 5) is 0. The lowest BCUT2D eigenvalue weighted by atomic mass is 9.69. The summed E-state index contributed by atoms with van der Waals surface area (Å²) in [7, 11) is 0. The average molecular weight is 321 g/mol. The second-order valence-electron chi connectivity index (χ2n) is 8.28. The van der Waals surface area contributed by atoms with Crippen molar-refractivity contribution in [3.05, 3.63) is 53.2 Å². The normalized spacial score (nSPS) is 22.1. The zero-order valence-corrected chi connectivity index (χ0v) is 15.8. The van der Waals surface area contributed by atoms with Crippen LogP contribution in [-0.4, -0.2) is 0 Å². The SMILES string of the molecule is CCC1CC(CC)(CC)c2cccc3c2-c2c(ccc[n+]21)C3(C)C. The number of aromatic nitrogens is 1. The van der Waals surface area contributed by atoms with Crippen LogP contribution in [0.1, 0.15) is 83.0 Å². The lowest BCUT2D eigenvalue weighted by Gasteiger charge is -2.34. The maximum atomic E-state index is 2.61. The Balaban J connectivity index is 2.16. The van der Waals surface area contributed by atoms with E-state index < -0.39 is 0 Å². The van der Waals surface area contributed by atoms with E-state index in [1.54, 1.807) is 11.1 Å². The Morgan fingerprint density at radius 1 is 0.958 bits per heavy atom. The van der Waals surface area contributed by atoms with Gasteiger partial charge in [-0.1, -0.05) is 52.8 Å². The minimum absolute atomic E-state index is 0.104. The van der Waals surface area contributed by atoms with Crippen molar-refractivity contribution in [1.82, 2.24) is 0 Å². The molecule has 0 bridgehead atoms. The Hall–Kier alpha value is -1.63. The van der Waals surface area contributed by atoms with E-state index in [0.29, 0.717) is 11.5 Å². The van der Waals surface area contributed by atoms with E-state index in [4.69, 9.17) is 0 Å². The van der Waals surface area contributed by atoms with Gasteiger partial charge in [0.25, 0.3) is 0 Å². The number of rotatable bonds is 3. The van der Waals surface area contributed by atoms with Crippen LogP contribution in [0.2, 0.25) is 0 Å². The van der Waals surface area contributed by atoms with Crippen LogP contribution < -0.4 is 4.57 Å². The fraction of sp³-hybridized carbons (Fsp3) is 0.522. The molecule has 24 heavy (non-hydrogen) atoms. The molecule has 1 aliphatic heterocycles. The van der Waals surface area contributed by atoms with Gasteiger partial charge in [-0.3, -0.25) is 0 Å². The Morgan fingerprint density at radius 3 is 2.29 bits per heavy atom. The molecule has 0 radical (unpaired) electrons. The molecule has 1 nitrogen and oxygen atoms in total. The summed E-state index contributed by atoms with van der Waals surface area (Å²) in [6.45, 7) is 11.9. The molecule has 4 rings (SSSR count). The molecule has 1 aromatic carbocycles. The third kappa shape index (κ3) is 1.79. The van der Waals surface area contributed by atoms with Crippen LogP contribution in [0.5, 0.6) is 0 Å². The van der Waals surface area contributed by atoms with Crippen molar-refractivity contribution in [2.24, 2.45) is 0 Å². The van der Waals surface area contributed by atoms with Crippen LogP contribution in [0.4, 0.5) is 0 Å². The molecule has 1 aromatic heterocycles. The van der Waals surface area contributed by atoms with Crippen molar-refractivity contribution in [3.8, 4) is 11.3 Å². The summed E-state index contributed by atoms with van der Waals surface area (Å²) in [6.07, 6.45) is 7.24. The molecule has 126 valence electrons. The molecule has 0 fully saturated rings. The predicted molar refractivity (Wildman–Crippen MR) is 100 cm³/mol. The van der Waals surface area contributed by atoms with E-state index in [9.17, 15) is 0 Å². The lowest BCUT2D eigenvalue weighted by molar-refractivity contribution is -0.714. The van der Waals surface area contributed by atoms with Gasteiger partial charge >= 0.3 is 0 Å². The number of nitrogens with zero attached hydrogens (tertiary/aromatic N) is 1. The smallest absolute Gasteiger partial charge is 0.195 e. The molecule has 1 unspecified atom stereocenters. The van der Waals surface area contributed by atoms with Gasteiger partial charge in [-0.2, -0.15) is 4.57 Å². The Morgan fingerprint density at radius 2 is 1.62 bits per heavy atom. The van der Waals surface area contributed by atoms with Crippen LogP contribution in [0.15, 0.2) is 36.5 Å². The highest BCUT2D eigenvalue weighted by Gasteiger charge is 2.49. The zero-order chi connectivity index (χ0) is 17.1. The van der Waals surface area contributed by atoms with Crippen molar-refractivity contribution in [3.63, 3.8) is 0 Å². The third-order valence-corrected chi connectivity index (χ3v) is 7.09. The first-order valence-electron chi connectivity index (χ1n) is 9.69. The van der Waals surface area contributed by atoms with E-state index in [0.717, 1.165) is 0 Å². The van der Waals surface area contributed by atoms with Crippen molar-refractivity contribution in [2.75, 3.05) is 0 Å². The first-order chi connectivity index (χ1) is 11.5. The molecule has 0 amide bonds. The predicted octanol–water partition coefficient (Wildman–Crippen LogP) is 5.69. The molecule has 0 N–H and O–H groups in total. The third-order valence-electron chi connectivity index (χ3n) is 7.09. The summed E-state index contributed by atoms with van der Waals surface area (Å²) in [5, 5.41) is 0. The van der Waals surface area contributed by atoms with Crippen LogP contribution >= 0.6 is 0 Å². The minimum Gasteiger partial charge on any atom is -0.195 e. The topological polar surface area (TPSA) is 3.88 Å². The van der Waals surface area contributed by atoms with Gasteiger partial charge in [0.05, 0.1) is 5.56 Å². The molecule has 0 spiro atoms. The largest absolute Gasteiger partial charge is 0.217 e. The van der Waals surface area contributed by atoms with Gasteiger partial charge in [0.1, 0.15) is 0 Å². The van der Waals surface area contributed by atoms with Crippen LogP contribution in [0, 0.1) is 0 Å². The second kappa shape index (κ2) is 5.18. The number of pyridine rings is 1. The van der Waals surface area contributed by atoms with Crippen molar-refractivity contribution in [1.29, 1.82) is 0 Å². The van der Waals surface area contributed by atoms with Gasteiger partial charge in [0, 0.05) is 35.3 Å². The van der Waals surface area contributed by atoms with Gasteiger partial charge in [0.15, 0.2) is 12.2 Å². The average Bonchev–Trinajstić information content (AvgIpc) is 2.77. The van der Waals surface area contributed by atoms with Gasteiger partial charge in [-0.25, -0.2) is 0 Å². The minimum atomic E-state index is 0.104. The second-order valence-corrected chi connectivity index (χ2v) is 8.28. The highest BCUT2D eigenvalue weighted by Crippen LogP contribution is 2.54. The van der Waals surface area contributed by atoms with Crippen LogP contribution in [-0.2, 0) is 10.8 Å². The first-order valence-corrected chi connectivity index (χ1v) is 9.69. The number of hydrogen-bond donors (Lipinski definition) is 0. The fourth-order valence-corrected chi connectivity index (χ4v) is 5.43. The molecule has 0 saturated heterocycles. The van der Waals surface area contributed by atoms with Gasteiger partial charge in [0.2, 0.25) is 5.69 Å². The molecule has 2 aromatic rings. The van der Waals surface area contributed by atoms with E-state index >= 15 is 0 Å². The van der Waals surface area contributed by atoms with Gasteiger partial charge in [-0.05, 0) is 30.0 Å². The Bertz CT molecular complexity index is 796.